The minimum absolute atomic E-state index is 0.269. The van der Waals surface area contributed by atoms with Crippen molar-refractivity contribution < 1.29 is 14.3 Å². The smallest absolute Gasteiger partial charge is 0.319 e. The highest BCUT2D eigenvalue weighted by Gasteiger charge is 2.32. The molecule has 0 fully saturated rings. The number of thioether (sulfide) groups is 1. The van der Waals surface area contributed by atoms with E-state index in [0.29, 0.717) is 11.3 Å². The van der Waals surface area contributed by atoms with Crippen molar-refractivity contribution >= 4 is 23.4 Å². The van der Waals surface area contributed by atoms with Crippen LogP contribution in [0, 0.1) is 5.82 Å². The van der Waals surface area contributed by atoms with Crippen molar-refractivity contribution in [2.24, 2.45) is 0 Å². The Balaban J connectivity index is 2.99. The first-order chi connectivity index (χ1) is 7.39. The van der Waals surface area contributed by atoms with E-state index in [1.807, 2.05) is 0 Å². The standard InChI is InChI=1S/C11H14FNO2S/c1-3-11(2,10(14)15)16-9-5-4-7(12)6-8(9)13/h4-6H,3,13H2,1-2H3,(H,14,15). The zero-order valence-corrected chi connectivity index (χ0v) is 9.97. The highest BCUT2D eigenvalue weighted by molar-refractivity contribution is 8.01. The number of carboxylic acid groups (broad SMARTS) is 1. The molecule has 0 aliphatic carbocycles. The molecule has 0 amide bonds. The topological polar surface area (TPSA) is 63.3 Å². The predicted octanol–water partition coefficient (Wildman–Crippen LogP) is 2.75. The van der Waals surface area contributed by atoms with E-state index in [1.165, 1.54) is 18.2 Å². The van der Waals surface area contributed by atoms with Gasteiger partial charge in [0.1, 0.15) is 10.6 Å². The van der Waals surface area contributed by atoms with Crippen molar-refractivity contribution in [3.05, 3.63) is 24.0 Å². The molecule has 0 saturated heterocycles. The van der Waals surface area contributed by atoms with Crippen molar-refractivity contribution in [2.45, 2.75) is 29.9 Å². The molecule has 0 spiro atoms. The Labute approximate surface area is 97.8 Å². The van der Waals surface area contributed by atoms with Crippen molar-refractivity contribution in [2.75, 3.05) is 5.73 Å². The molecule has 1 aromatic rings. The normalized spacial score (nSPS) is 14.4. The summed E-state index contributed by atoms with van der Waals surface area (Å²) in [4.78, 5) is 11.7. The molecule has 0 heterocycles. The second-order valence-corrected chi connectivity index (χ2v) is 5.22. The molecule has 88 valence electrons. The van der Waals surface area contributed by atoms with Gasteiger partial charge in [0, 0.05) is 10.6 Å². The van der Waals surface area contributed by atoms with Gasteiger partial charge in [-0.05, 0) is 31.5 Å². The molecule has 3 N–H and O–H groups in total. The highest BCUT2D eigenvalue weighted by Crippen LogP contribution is 2.38. The number of anilines is 1. The summed E-state index contributed by atoms with van der Waals surface area (Å²) in [6.45, 7) is 3.42. The fourth-order valence-electron chi connectivity index (χ4n) is 1.12. The van der Waals surface area contributed by atoms with Crippen LogP contribution in [0.3, 0.4) is 0 Å². The maximum absolute atomic E-state index is 12.8. The molecule has 0 aliphatic heterocycles. The van der Waals surface area contributed by atoms with E-state index >= 15 is 0 Å². The first-order valence-corrected chi connectivity index (χ1v) is 5.68. The summed E-state index contributed by atoms with van der Waals surface area (Å²) < 4.78 is 11.9. The van der Waals surface area contributed by atoms with Crippen LogP contribution in [0.5, 0.6) is 0 Å². The highest BCUT2D eigenvalue weighted by atomic mass is 32.2. The number of benzene rings is 1. The Bertz CT molecular complexity index is 411. The summed E-state index contributed by atoms with van der Waals surface area (Å²) in [6, 6.07) is 3.98. The van der Waals surface area contributed by atoms with E-state index in [-0.39, 0.29) is 5.69 Å². The zero-order valence-electron chi connectivity index (χ0n) is 9.16. The Hall–Kier alpha value is -1.23. The van der Waals surface area contributed by atoms with Crippen LogP contribution in [-0.4, -0.2) is 15.8 Å². The predicted molar refractivity (Wildman–Crippen MR) is 63.0 cm³/mol. The first-order valence-electron chi connectivity index (χ1n) is 4.86. The van der Waals surface area contributed by atoms with E-state index < -0.39 is 16.5 Å². The molecule has 0 aromatic heterocycles. The molecule has 0 radical (unpaired) electrons. The van der Waals surface area contributed by atoms with E-state index in [1.54, 1.807) is 13.8 Å². The number of carboxylic acids is 1. The molecular weight excluding hydrogens is 229 g/mol. The van der Waals surface area contributed by atoms with Gasteiger partial charge in [-0.25, -0.2) is 4.39 Å². The van der Waals surface area contributed by atoms with Gasteiger partial charge >= 0.3 is 5.97 Å². The van der Waals surface area contributed by atoms with E-state index in [4.69, 9.17) is 10.8 Å². The summed E-state index contributed by atoms with van der Waals surface area (Å²) in [5.41, 5.74) is 5.90. The SMILES string of the molecule is CCC(C)(Sc1ccc(F)cc1N)C(=O)O. The van der Waals surface area contributed by atoms with Crippen LogP contribution in [0.15, 0.2) is 23.1 Å². The lowest BCUT2D eigenvalue weighted by molar-refractivity contribution is -0.139. The van der Waals surface area contributed by atoms with Gasteiger partial charge in [0.2, 0.25) is 0 Å². The van der Waals surface area contributed by atoms with Crippen molar-refractivity contribution in [1.29, 1.82) is 0 Å². The molecule has 1 unspecified atom stereocenters. The molecule has 1 aromatic carbocycles. The summed E-state index contributed by atoms with van der Waals surface area (Å²) >= 11 is 1.14. The van der Waals surface area contributed by atoms with Gasteiger partial charge in [-0.1, -0.05) is 6.92 Å². The molecule has 1 rings (SSSR count). The maximum atomic E-state index is 12.8. The van der Waals surface area contributed by atoms with Crippen LogP contribution in [0.4, 0.5) is 10.1 Å². The van der Waals surface area contributed by atoms with Gasteiger partial charge in [0.25, 0.3) is 0 Å². The van der Waals surface area contributed by atoms with Gasteiger partial charge in [0.15, 0.2) is 0 Å². The van der Waals surface area contributed by atoms with Crippen LogP contribution in [-0.2, 0) is 4.79 Å². The number of nitrogens with two attached hydrogens (primary N) is 1. The van der Waals surface area contributed by atoms with Gasteiger partial charge in [-0.15, -0.1) is 11.8 Å². The lowest BCUT2D eigenvalue weighted by atomic mass is 10.1. The molecule has 0 saturated carbocycles. The monoisotopic (exact) mass is 243 g/mol. The van der Waals surface area contributed by atoms with Crippen LogP contribution in [0.25, 0.3) is 0 Å². The summed E-state index contributed by atoms with van der Waals surface area (Å²) in [6.07, 6.45) is 0.462. The van der Waals surface area contributed by atoms with E-state index in [0.717, 1.165) is 11.8 Å². The van der Waals surface area contributed by atoms with Crippen LogP contribution < -0.4 is 5.73 Å². The maximum Gasteiger partial charge on any atom is 0.319 e. The van der Waals surface area contributed by atoms with Crippen molar-refractivity contribution in [3.63, 3.8) is 0 Å². The van der Waals surface area contributed by atoms with E-state index in [2.05, 4.69) is 0 Å². The Kier molecular flexibility index (Phi) is 3.80. The molecule has 16 heavy (non-hydrogen) atoms. The average molecular weight is 243 g/mol. The van der Waals surface area contributed by atoms with Crippen LogP contribution in [0.1, 0.15) is 20.3 Å². The third-order valence-corrected chi connectivity index (χ3v) is 3.94. The van der Waals surface area contributed by atoms with Gasteiger partial charge < -0.3 is 10.8 Å². The minimum Gasteiger partial charge on any atom is -0.480 e. The number of nitrogen functional groups attached to an aromatic ring is 1. The summed E-state index contributed by atoms with van der Waals surface area (Å²) in [7, 11) is 0. The molecule has 3 nitrogen and oxygen atoms in total. The van der Waals surface area contributed by atoms with Gasteiger partial charge in [-0.3, -0.25) is 4.79 Å². The second kappa shape index (κ2) is 4.74. The van der Waals surface area contributed by atoms with Gasteiger partial charge in [0.05, 0.1) is 0 Å². The molecular formula is C11H14FNO2S. The Morgan fingerprint density at radius 2 is 2.25 bits per heavy atom. The van der Waals surface area contributed by atoms with Crippen LogP contribution in [0.2, 0.25) is 0 Å². The molecule has 5 heteroatoms. The minimum atomic E-state index is -0.939. The van der Waals surface area contributed by atoms with Gasteiger partial charge in [-0.2, -0.15) is 0 Å². The summed E-state index contributed by atoms with van der Waals surface area (Å²) in [5.74, 6) is -1.32. The largest absolute Gasteiger partial charge is 0.480 e. The summed E-state index contributed by atoms with van der Waals surface area (Å²) in [5, 5.41) is 9.10. The zero-order chi connectivity index (χ0) is 12.3. The lowest BCUT2D eigenvalue weighted by Crippen LogP contribution is -2.30. The third-order valence-electron chi connectivity index (χ3n) is 2.43. The fourth-order valence-corrected chi connectivity index (χ4v) is 2.15. The average Bonchev–Trinajstić information content (AvgIpc) is 2.22. The quantitative estimate of drug-likeness (QED) is 0.630. The number of rotatable bonds is 4. The van der Waals surface area contributed by atoms with E-state index in [9.17, 15) is 9.18 Å². The van der Waals surface area contributed by atoms with Crippen LogP contribution >= 0.6 is 11.8 Å². The van der Waals surface area contributed by atoms with Crippen molar-refractivity contribution in [1.82, 2.24) is 0 Å². The number of aliphatic carboxylic acids is 1. The number of halogens is 1. The molecule has 1 atom stereocenters. The molecule has 0 bridgehead atoms. The second-order valence-electron chi connectivity index (χ2n) is 3.67. The van der Waals surface area contributed by atoms with Crippen molar-refractivity contribution in [3.8, 4) is 0 Å². The fraction of sp³-hybridized carbons (Fsp3) is 0.364. The molecule has 0 aliphatic rings. The Morgan fingerprint density at radius 1 is 1.62 bits per heavy atom. The number of carbonyl (C=O) groups is 1. The first kappa shape index (κ1) is 12.8. The third kappa shape index (κ3) is 2.66. The number of hydrogen-bond acceptors (Lipinski definition) is 3. The lowest BCUT2D eigenvalue weighted by Gasteiger charge is -2.22. The Morgan fingerprint density at radius 3 is 2.69 bits per heavy atom. The number of hydrogen-bond donors (Lipinski definition) is 2.